The number of hydrogen-bond donors (Lipinski definition) is 1. The van der Waals surface area contributed by atoms with Crippen LogP contribution in [-0.4, -0.2) is 25.8 Å². The maximum atomic E-state index is 13.6. The van der Waals surface area contributed by atoms with Gasteiger partial charge in [0.2, 0.25) is 10.0 Å². The highest BCUT2D eigenvalue weighted by molar-refractivity contribution is 7.89. The molecule has 0 aromatic heterocycles. The number of sulfonamides is 1. The van der Waals surface area contributed by atoms with Gasteiger partial charge in [0.15, 0.2) is 0 Å². The molecule has 1 saturated heterocycles. The Morgan fingerprint density at radius 1 is 1.32 bits per heavy atom. The Bertz CT molecular complexity index is 555. The molecule has 6 heteroatoms. The second kappa shape index (κ2) is 5.09. The van der Waals surface area contributed by atoms with Crippen molar-refractivity contribution in [3.8, 4) is 0 Å². The fourth-order valence-corrected chi connectivity index (χ4v) is 3.72. The zero-order valence-electron chi connectivity index (χ0n) is 11.2. The molecule has 1 aliphatic rings. The summed E-state index contributed by atoms with van der Waals surface area (Å²) >= 11 is 0. The smallest absolute Gasteiger partial charge is 0.243 e. The van der Waals surface area contributed by atoms with E-state index in [4.69, 9.17) is 5.73 Å². The van der Waals surface area contributed by atoms with E-state index < -0.39 is 15.8 Å². The minimum atomic E-state index is -3.63. The molecular formula is C13H19FN2O2S. The first-order valence-electron chi connectivity index (χ1n) is 6.38. The summed E-state index contributed by atoms with van der Waals surface area (Å²) in [5.41, 5.74) is 6.10. The lowest BCUT2D eigenvalue weighted by Gasteiger charge is -2.29. The number of nitrogens with two attached hydrogens (primary N) is 1. The molecule has 106 valence electrons. The lowest BCUT2D eigenvalue weighted by molar-refractivity contribution is 0.288. The summed E-state index contributed by atoms with van der Waals surface area (Å²) in [5, 5.41) is 0. The Morgan fingerprint density at radius 3 is 2.42 bits per heavy atom. The molecule has 4 nitrogen and oxygen atoms in total. The standard InChI is InChI=1S/C13H19FN2O2S/c1-9-3-5-16(6-4-9)19(17,18)11-7-12(14)10(2)13(15)8-11/h7-9H,3-6,15H2,1-2H3. The summed E-state index contributed by atoms with van der Waals surface area (Å²) in [6, 6.07) is 2.39. The van der Waals surface area contributed by atoms with E-state index in [1.165, 1.54) is 17.3 Å². The van der Waals surface area contributed by atoms with Gasteiger partial charge in [-0.05, 0) is 37.8 Å². The number of nitrogens with zero attached hydrogens (tertiary/aromatic N) is 1. The Kier molecular flexibility index (Phi) is 3.82. The molecular weight excluding hydrogens is 267 g/mol. The van der Waals surface area contributed by atoms with E-state index in [2.05, 4.69) is 6.92 Å². The van der Waals surface area contributed by atoms with Gasteiger partial charge in [-0.2, -0.15) is 4.31 Å². The van der Waals surface area contributed by atoms with Crippen LogP contribution >= 0.6 is 0 Å². The van der Waals surface area contributed by atoms with E-state index in [0.717, 1.165) is 18.9 Å². The Balaban J connectivity index is 2.35. The van der Waals surface area contributed by atoms with Gasteiger partial charge in [-0.25, -0.2) is 12.8 Å². The predicted molar refractivity (Wildman–Crippen MR) is 72.7 cm³/mol. The fraction of sp³-hybridized carbons (Fsp3) is 0.538. The van der Waals surface area contributed by atoms with E-state index in [1.54, 1.807) is 0 Å². The van der Waals surface area contributed by atoms with Crippen molar-refractivity contribution in [3.05, 3.63) is 23.5 Å². The highest BCUT2D eigenvalue weighted by Gasteiger charge is 2.28. The third-order valence-corrected chi connectivity index (χ3v) is 5.61. The van der Waals surface area contributed by atoms with Crippen molar-refractivity contribution in [2.45, 2.75) is 31.6 Å². The van der Waals surface area contributed by atoms with E-state index in [1.807, 2.05) is 0 Å². The molecule has 0 aliphatic carbocycles. The van der Waals surface area contributed by atoms with Gasteiger partial charge in [0.25, 0.3) is 0 Å². The normalized spacial score (nSPS) is 18.7. The summed E-state index contributed by atoms with van der Waals surface area (Å²) in [4.78, 5) is -0.0531. The molecule has 0 amide bonds. The van der Waals surface area contributed by atoms with E-state index in [0.29, 0.717) is 19.0 Å². The summed E-state index contributed by atoms with van der Waals surface area (Å²) in [7, 11) is -3.63. The minimum absolute atomic E-state index is 0.0531. The number of nitrogen functional groups attached to an aromatic ring is 1. The number of anilines is 1. The molecule has 0 saturated carbocycles. The van der Waals surface area contributed by atoms with Crippen molar-refractivity contribution in [2.75, 3.05) is 18.8 Å². The predicted octanol–water partition coefficient (Wildman–Crippen LogP) is 2.14. The summed E-state index contributed by atoms with van der Waals surface area (Å²) < 4.78 is 39.9. The van der Waals surface area contributed by atoms with Crippen LogP contribution in [0.1, 0.15) is 25.3 Å². The molecule has 1 aliphatic heterocycles. The zero-order valence-corrected chi connectivity index (χ0v) is 12.0. The molecule has 2 N–H and O–H groups in total. The monoisotopic (exact) mass is 286 g/mol. The first-order valence-corrected chi connectivity index (χ1v) is 7.82. The lowest BCUT2D eigenvalue weighted by Crippen LogP contribution is -2.37. The topological polar surface area (TPSA) is 63.4 Å². The molecule has 2 rings (SSSR count). The molecule has 0 bridgehead atoms. The molecule has 0 spiro atoms. The van der Waals surface area contributed by atoms with Crippen LogP contribution in [0.4, 0.5) is 10.1 Å². The average molecular weight is 286 g/mol. The van der Waals surface area contributed by atoms with Crippen LogP contribution in [0.2, 0.25) is 0 Å². The molecule has 1 aromatic rings. The fourth-order valence-electron chi connectivity index (χ4n) is 2.20. The van der Waals surface area contributed by atoms with Crippen molar-refractivity contribution in [1.82, 2.24) is 4.31 Å². The summed E-state index contributed by atoms with van der Waals surface area (Å²) in [5.74, 6) is -0.0461. The number of halogens is 1. The summed E-state index contributed by atoms with van der Waals surface area (Å²) in [6.07, 6.45) is 1.67. The van der Waals surface area contributed by atoms with Gasteiger partial charge >= 0.3 is 0 Å². The van der Waals surface area contributed by atoms with E-state index in [9.17, 15) is 12.8 Å². The maximum Gasteiger partial charge on any atom is 0.243 e. The molecule has 0 unspecified atom stereocenters. The number of rotatable bonds is 2. The van der Waals surface area contributed by atoms with Crippen LogP contribution in [-0.2, 0) is 10.0 Å². The van der Waals surface area contributed by atoms with Crippen LogP contribution in [0.25, 0.3) is 0 Å². The molecule has 1 fully saturated rings. The van der Waals surface area contributed by atoms with Gasteiger partial charge in [-0.15, -0.1) is 0 Å². The van der Waals surface area contributed by atoms with Crippen molar-refractivity contribution in [1.29, 1.82) is 0 Å². The third-order valence-electron chi connectivity index (χ3n) is 3.74. The van der Waals surface area contributed by atoms with Crippen LogP contribution in [0.5, 0.6) is 0 Å². The van der Waals surface area contributed by atoms with Crippen LogP contribution in [0.15, 0.2) is 17.0 Å². The highest BCUT2D eigenvalue weighted by Crippen LogP contribution is 2.26. The highest BCUT2D eigenvalue weighted by atomic mass is 32.2. The first kappa shape index (κ1) is 14.3. The summed E-state index contributed by atoms with van der Waals surface area (Å²) in [6.45, 7) is 4.61. The van der Waals surface area contributed by atoms with Gasteiger partial charge in [0.1, 0.15) is 5.82 Å². The van der Waals surface area contributed by atoms with Gasteiger partial charge in [0, 0.05) is 24.3 Å². The second-order valence-electron chi connectivity index (χ2n) is 5.21. The van der Waals surface area contributed by atoms with Gasteiger partial charge < -0.3 is 5.73 Å². The largest absolute Gasteiger partial charge is 0.398 e. The second-order valence-corrected chi connectivity index (χ2v) is 7.14. The first-order chi connectivity index (χ1) is 8.82. The average Bonchev–Trinajstić information content (AvgIpc) is 2.35. The van der Waals surface area contributed by atoms with Crippen molar-refractivity contribution in [2.24, 2.45) is 5.92 Å². The van der Waals surface area contributed by atoms with Gasteiger partial charge in [-0.3, -0.25) is 0 Å². The van der Waals surface area contributed by atoms with Crippen LogP contribution < -0.4 is 5.73 Å². The zero-order chi connectivity index (χ0) is 14.2. The maximum absolute atomic E-state index is 13.6. The molecule has 0 radical (unpaired) electrons. The van der Waals surface area contributed by atoms with Crippen molar-refractivity contribution in [3.63, 3.8) is 0 Å². The number of benzene rings is 1. The van der Waals surface area contributed by atoms with Crippen LogP contribution in [0.3, 0.4) is 0 Å². The third kappa shape index (κ3) is 2.74. The number of hydrogen-bond acceptors (Lipinski definition) is 3. The van der Waals surface area contributed by atoms with Crippen LogP contribution in [0, 0.1) is 18.7 Å². The van der Waals surface area contributed by atoms with E-state index >= 15 is 0 Å². The SMILES string of the molecule is Cc1c(N)cc(S(=O)(=O)N2CCC(C)CC2)cc1F. The molecule has 1 heterocycles. The molecule has 19 heavy (non-hydrogen) atoms. The Morgan fingerprint density at radius 2 is 1.89 bits per heavy atom. The molecule has 1 aromatic carbocycles. The molecule has 0 atom stereocenters. The van der Waals surface area contributed by atoms with Crippen molar-refractivity contribution >= 4 is 15.7 Å². The lowest BCUT2D eigenvalue weighted by atomic mass is 10.0. The minimum Gasteiger partial charge on any atom is -0.398 e. The van der Waals surface area contributed by atoms with Crippen molar-refractivity contribution < 1.29 is 12.8 Å². The quantitative estimate of drug-likeness (QED) is 0.847. The number of piperidine rings is 1. The van der Waals surface area contributed by atoms with Gasteiger partial charge in [-0.1, -0.05) is 6.92 Å². The Hall–Kier alpha value is -1.14. The van der Waals surface area contributed by atoms with E-state index in [-0.39, 0.29) is 16.1 Å². The Labute approximate surface area is 113 Å². The van der Waals surface area contributed by atoms with Gasteiger partial charge in [0.05, 0.1) is 4.90 Å².